The van der Waals surface area contributed by atoms with Gasteiger partial charge in [-0.15, -0.1) is 0 Å². The molecule has 1 fully saturated rings. The third-order valence-electron chi connectivity index (χ3n) is 4.80. The minimum atomic E-state index is 0.554. The van der Waals surface area contributed by atoms with E-state index in [-0.39, 0.29) is 0 Å². The molecule has 1 aromatic heterocycles. The molecule has 1 heteroatoms. The number of aromatic nitrogens is 1. The molecule has 0 aliphatic heterocycles. The molecule has 4 rings (SSSR count). The zero-order valence-corrected chi connectivity index (χ0v) is 12.1. The fraction of sp³-hybridized carbons (Fsp3) is 0.250. The van der Waals surface area contributed by atoms with E-state index in [9.17, 15) is 0 Å². The van der Waals surface area contributed by atoms with Crippen LogP contribution in [0.25, 0.3) is 10.8 Å². The summed E-state index contributed by atoms with van der Waals surface area (Å²) >= 11 is 0. The summed E-state index contributed by atoms with van der Waals surface area (Å²) in [7, 11) is 0. The second-order valence-electron chi connectivity index (χ2n) is 5.97. The topological polar surface area (TPSA) is 12.9 Å². The van der Waals surface area contributed by atoms with Crippen LogP contribution in [0.1, 0.15) is 42.4 Å². The highest BCUT2D eigenvalue weighted by Crippen LogP contribution is 2.46. The van der Waals surface area contributed by atoms with E-state index in [1.807, 2.05) is 6.20 Å². The van der Waals surface area contributed by atoms with Gasteiger partial charge in [-0.3, -0.25) is 4.98 Å². The van der Waals surface area contributed by atoms with Gasteiger partial charge in [0.1, 0.15) is 0 Å². The molecule has 0 radical (unpaired) electrons. The van der Waals surface area contributed by atoms with Crippen LogP contribution in [0.2, 0.25) is 0 Å². The van der Waals surface area contributed by atoms with Gasteiger partial charge >= 0.3 is 0 Å². The largest absolute Gasteiger partial charge is 0.260 e. The van der Waals surface area contributed by atoms with E-state index in [1.54, 1.807) is 0 Å². The van der Waals surface area contributed by atoms with E-state index in [1.165, 1.54) is 41.3 Å². The van der Waals surface area contributed by atoms with Crippen molar-refractivity contribution in [2.45, 2.75) is 31.1 Å². The summed E-state index contributed by atoms with van der Waals surface area (Å²) in [6.07, 6.45) is 5.80. The zero-order chi connectivity index (χ0) is 14.1. The van der Waals surface area contributed by atoms with Crippen LogP contribution in [0.4, 0.5) is 0 Å². The molecule has 0 saturated heterocycles. The summed E-state index contributed by atoms with van der Waals surface area (Å²) in [6, 6.07) is 21.7. The van der Waals surface area contributed by atoms with Gasteiger partial charge in [0.05, 0.1) is 5.69 Å². The summed E-state index contributed by atoms with van der Waals surface area (Å²) in [6.45, 7) is 0. The molecule has 2 unspecified atom stereocenters. The standard InChI is InChI=1S/C20H19N/c1-2-7-15(8-3-1)17-11-6-12-19(17)20-18-10-5-4-9-16(18)13-14-21-20/h1-5,7-10,13-14,17,19H,6,11-12H2. The van der Waals surface area contributed by atoms with Crippen molar-refractivity contribution in [1.29, 1.82) is 0 Å². The Labute approximate surface area is 125 Å². The Balaban J connectivity index is 1.81. The Hall–Kier alpha value is -2.15. The number of nitrogens with zero attached hydrogens (tertiary/aromatic N) is 1. The summed E-state index contributed by atoms with van der Waals surface area (Å²) in [5.74, 6) is 1.17. The Morgan fingerprint density at radius 3 is 2.43 bits per heavy atom. The van der Waals surface area contributed by atoms with Crippen LogP contribution >= 0.6 is 0 Å². The van der Waals surface area contributed by atoms with Crippen LogP contribution in [-0.4, -0.2) is 4.98 Å². The number of rotatable bonds is 2. The minimum absolute atomic E-state index is 0.554. The van der Waals surface area contributed by atoms with Crippen molar-refractivity contribution >= 4 is 10.8 Å². The van der Waals surface area contributed by atoms with Crippen molar-refractivity contribution in [2.75, 3.05) is 0 Å². The van der Waals surface area contributed by atoms with E-state index in [4.69, 9.17) is 4.98 Å². The number of hydrogen-bond acceptors (Lipinski definition) is 1. The first kappa shape index (κ1) is 12.6. The van der Waals surface area contributed by atoms with Crippen LogP contribution in [-0.2, 0) is 0 Å². The van der Waals surface area contributed by atoms with E-state index < -0.39 is 0 Å². The van der Waals surface area contributed by atoms with Gasteiger partial charge in [-0.25, -0.2) is 0 Å². The summed E-state index contributed by atoms with van der Waals surface area (Å²) < 4.78 is 0. The molecule has 1 aliphatic carbocycles. The summed E-state index contributed by atoms with van der Waals surface area (Å²) in [5.41, 5.74) is 2.76. The van der Waals surface area contributed by atoms with Crippen molar-refractivity contribution in [3.05, 3.63) is 78.1 Å². The second-order valence-corrected chi connectivity index (χ2v) is 5.97. The van der Waals surface area contributed by atoms with Gasteiger partial charge in [-0.2, -0.15) is 0 Å². The molecule has 2 atom stereocenters. The van der Waals surface area contributed by atoms with Gasteiger partial charge < -0.3 is 0 Å². The van der Waals surface area contributed by atoms with E-state index in [2.05, 4.69) is 60.7 Å². The van der Waals surface area contributed by atoms with Crippen molar-refractivity contribution in [3.63, 3.8) is 0 Å². The molecule has 0 N–H and O–H groups in total. The molecule has 1 heterocycles. The Bertz CT molecular complexity index is 743. The average molecular weight is 273 g/mol. The first-order chi connectivity index (χ1) is 10.4. The highest BCUT2D eigenvalue weighted by Gasteiger charge is 2.31. The van der Waals surface area contributed by atoms with Crippen molar-refractivity contribution < 1.29 is 0 Å². The third kappa shape index (κ3) is 2.23. The lowest BCUT2D eigenvalue weighted by atomic mass is 9.85. The molecule has 1 aliphatic rings. The first-order valence-corrected chi connectivity index (χ1v) is 7.82. The Morgan fingerprint density at radius 1 is 0.762 bits per heavy atom. The lowest BCUT2D eigenvalue weighted by Gasteiger charge is -2.21. The van der Waals surface area contributed by atoms with Crippen LogP contribution in [0, 0.1) is 0 Å². The van der Waals surface area contributed by atoms with E-state index in [0.717, 1.165) is 0 Å². The highest BCUT2D eigenvalue weighted by molar-refractivity contribution is 5.84. The Kier molecular flexibility index (Phi) is 3.19. The maximum absolute atomic E-state index is 4.76. The molecule has 0 bridgehead atoms. The normalized spacial score (nSPS) is 21.7. The molecule has 0 amide bonds. The zero-order valence-electron chi connectivity index (χ0n) is 12.1. The minimum Gasteiger partial charge on any atom is -0.260 e. The van der Waals surface area contributed by atoms with Gasteiger partial charge in [0.25, 0.3) is 0 Å². The molecule has 2 aromatic carbocycles. The number of fused-ring (bicyclic) bond motifs is 1. The smallest absolute Gasteiger partial charge is 0.0518 e. The van der Waals surface area contributed by atoms with Crippen LogP contribution < -0.4 is 0 Å². The second kappa shape index (κ2) is 5.33. The monoisotopic (exact) mass is 273 g/mol. The molecule has 1 nitrogen and oxygen atoms in total. The summed E-state index contributed by atoms with van der Waals surface area (Å²) in [4.78, 5) is 4.76. The van der Waals surface area contributed by atoms with Gasteiger partial charge in [0.15, 0.2) is 0 Å². The highest BCUT2D eigenvalue weighted by atomic mass is 14.7. The van der Waals surface area contributed by atoms with E-state index >= 15 is 0 Å². The molecule has 1 saturated carbocycles. The average Bonchev–Trinajstić information content (AvgIpc) is 3.04. The fourth-order valence-corrected chi connectivity index (χ4v) is 3.83. The van der Waals surface area contributed by atoms with Gasteiger partial charge in [-0.05, 0) is 35.8 Å². The predicted octanol–water partition coefficient (Wildman–Crippen LogP) is 5.29. The maximum atomic E-state index is 4.76. The first-order valence-electron chi connectivity index (χ1n) is 7.82. The molecule has 0 spiro atoms. The number of pyridine rings is 1. The fourth-order valence-electron chi connectivity index (χ4n) is 3.83. The predicted molar refractivity (Wildman–Crippen MR) is 87.5 cm³/mol. The van der Waals surface area contributed by atoms with Crippen molar-refractivity contribution in [1.82, 2.24) is 4.98 Å². The van der Waals surface area contributed by atoms with Crippen molar-refractivity contribution in [2.24, 2.45) is 0 Å². The third-order valence-corrected chi connectivity index (χ3v) is 4.80. The van der Waals surface area contributed by atoms with Gasteiger partial charge in [0, 0.05) is 17.5 Å². The molecule has 21 heavy (non-hydrogen) atoms. The number of hydrogen-bond donors (Lipinski definition) is 0. The molecular weight excluding hydrogens is 254 g/mol. The lowest BCUT2D eigenvalue weighted by Crippen LogP contribution is -2.07. The van der Waals surface area contributed by atoms with Crippen molar-refractivity contribution in [3.8, 4) is 0 Å². The molecule has 3 aromatic rings. The SMILES string of the molecule is c1ccc(C2CCCC2c2nccc3ccccc23)cc1. The maximum Gasteiger partial charge on any atom is 0.0518 e. The summed E-state index contributed by atoms with van der Waals surface area (Å²) in [5, 5.41) is 2.63. The van der Waals surface area contributed by atoms with Crippen LogP contribution in [0.15, 0.2) is 66.9 Å². The van der Waals surface area contributed by atoms with Gasteiger partial charge in [-0.1, -0.05) is 61.0 Å². The van der Waals surface area contributed by atoms with Crippen LogP contribution in [0.5, 0.6) is 0 Å². The molecular formula is C20H19N. The molecule has 104 valence electrons. The number of benzene rings is 2. The Morgan fingerprint density at radius 2 is 1.52 bits per heavy atom. The van der Waals surface area contributed by atoms with Gasteiger partial charge in [0.2, 0.25) is 0 Å². The van der Waals surface area contributed by atoms with Crippen LogP contribution in [0.3, 0.4) is 0 Å². The van der Waals surface area contributed by atoms with E-state index in [0.29, 0.717) is 11.8 Å². The lowest BCUT2D eigenvalue weighted by molar-refractivity contribution is 0.612. The quantitative estimate of drug-likeness (QED) is 0.618.